The molecule has 7 aromatic carbocycles. The minimum Gasteiger partial charge on any atom is -0.358 e. The maximum absolute atomic E-state index is 2.60. The average Bonchev–Trinajstić information content (AvgIpc) is 3.74. The van der Waals surface area contributed by atoms with E-state index >= 15 is 0 Å². The Balaban J connectivity index is 0.00000180. The van der Waals surface area contributed by atoms with Crippen LogP contribution in [0.4, 0.5) is 0 Å². The van der Waals surface area contributed by atoms with Gasteiger partial charge in [-0.2, -0.15) is 12.1 Å². The summed E-state index contributed by atoms with van der Waals surface area (Å²) in [4.78, 5) is 0. The molecule has 0 spiro atoms. The van der Waals surface area contributed by atoms with Gasteiger partial charge in [0.15, 0.2) is 0 Å². The van der Waals surface area contributed by atoms with Crippen molar-refractivity contribution in [2.24, 2.45) is 0 Å². The molecule has 0 nitrogen and oxygen atoms in total. The Kier molecular flexibility index (Phi) is 12.4. The van der Waals surface area contributed by atoms with E-state index in [2.05, 4.69) is 174 Å². The van der Waals surface area contributed by atoms with Gasteiger partial charge in [0, 0.05) is 0 Å². The molecular formula is C47H50HfSi. The van der Waals surface area contributed by atoms with E-state index in [9.17, 15) is 0 Å². The first-order chi connectivity index (χ1) is 22.3. The minimum absolute atomic E-state index is 0. The smallest absolute Gasteiger partial charge is 0.358 e. The fourth-order valence-electron chi connectivity index (χ4n) is 7.20. The van der Waals surface area contributed by atoms with Crippen molar-refractivity contribution in [1.82, 2.24) is 0 Å². The van der Waals surface area contributed by atoms with Crippen molar-refractivity contribution in [2.45, 2.75) is 58.5 Å². The Bertz CT molecular complexity index is 1960. The van der Waals surface area contributed by atoms with Crippen molar-refractivity contribution in [1.29, 1.82) is 0 Å². The van der Waals surface area contributed by atoms with Crippen LogP contribution < -0.4 is 10.4 Å². The first-order valence-corrected chi connectivity index (χ1v) is 19.7. The zero-order valence-electron chi connectivity index (χ0n) is 30.3. The van der Waals surface area contributed by atoms with Gasteiger partial charge in [0.05, 0.1) is 8.07 Å². The quantitative estimate of drug-likeness (QED) is 0.101. The van der Waals surface area contributed by atoms with Crippen LogP contribution in [0.25, 0.3) is 43.8 Å². The van der Waals surface area contributed by atoms with Crippen molar-refractivity contribution < 1.29 is 25.8 Å². The molecule has 2 heteroatoms. The van der Waals surface area contributed by atoms with Crippen molar-refractivity contribution in [3.63, 3.8) is 0 Å². The van der Waals surface area contributed by atoms with E-state index in [1.807, 2.05) is 0 Å². The Hall–Kier alpha value is -3.59. The second-order valence-electron chi connectivity index (χ2n) is 14.0. The molecule has 49 heavy (non-hydrogen) atoms. The minimum atomic E-state index is -2.15. The van der Waals surface area contributed by atoms with E-state index in [0.29, 0.717) is 11.8 Å². The largest absolute Gasteiger partial charge is 4.00 e. The molecule has 0 aliphatic carbocycles. The SMILES string of the molecule is CC(C)c1ccc(-c2cccc3[cH-]c([Si](C)(CCc4ccccc4)c4cc5c(-c6ccc(C(C)C)cc6)cccc5[cH-]4)cc23)cc1.[CH3-].[CH3-].[Hf+4]. The Morgan fingerprint density at radius 3 is 1.37 bits per heavy atom. The number of aryl methyl sites for hydroxylation is 1. The Labute approximate surface area is 315 Å². The molecule has 246 valence electrons. The zero-order chi connectivity index (χ0) is 31.8. The van der Waals surface area contributed by atoms with Gasteiger partial charge in [-0.05, 0) is 52.1 Å². The molecule has 0 aromatic heterocycles. The molecule has 0 unspecified atom stereocenters. The molecule has 0 saturated heterocycles. The van der Waals surface area contributed by atoms with Crippen LogP contribution in [0.2, 0.25) is 12.6 Å². The second kappa shape index (κ2) is 16.0. The fourth-order valence-corrected chi connectivity index (χ4v) is 10.8. The van der Waals surface area contributed by atoms with Crippen LogP contribution in [0, 0.1) is 14.9 Å². The van der Waals surface area contributed by atoms with E-state index in [-0.39, 0.29) is 40.7 Å². The van der Waals surface area contributed by atoms with Crippen molar-refractivity contribution in [2.75, 3.05) is 0 Å². The second-order valence-corrected chi connectivity index (χ2v) is 18.3. The normalized spacial score (nSPS) is 11.4. The number of benzene rings is 5. The molecule has 7 rings (SSSR count). The topological polar surface area (TPSA) is 0 Å². The summed E-state index contributed by atoms with van der Waals surface area (Å²) in [6.07, 6.45) is 1.08. The molecule has 7 aromatic rings. The van der Waals surface area contributed by atoms with Gasteiger partial charge in [0.1, 0.15) is 0 Å². The maximum Gasteiger partial charge on any atom is 4.00 e. The molecule has 0 atom stereocenters. The number of fused-ring (bicyclic) bond motifs is 2. The van der Waals surface area contributed by atoms with Gasteiger partial charge in [0.2, 0.25) is 0 Å². The van der Waals surface area contributed by atoms with Crippen LogP contribution in [-0.2, 0) is 32.3 Å². The summed E-state index contributed by atoms with van der Waals surface area (Å²) in [5.41, 5.74) is 9.46. The van der Waals surface area contributed by atoms with Gasteiger partial charge in [0.25, 0.3) is 0 Å². The molecule has 0 N–H and O–H groups in total. The molecule has 0 saturated carbocycles. The van der Waals surface area contributed by atoms with Gasteiger partial charge in [-0.25, -0.2) is 0 Å². The van der Waals surface area contributed by atoms with Gasteiger partial charge in [-0.1, -0.05) is 136 Å². The van der Waals surface area contributed by atoms with Crippen LogP contribution in [0.1, 0.15) is 56.2 Å². The van der Waals surface area contributed by atoms with Crippen LogP contribution in [-0.4, -0.2) is 8.07 Å². The number of hydrogen-bond donors (Lipinski definition) is 0. The summed E-state index contributed by atoms with van der Waals surface area (Å²) in [6, 6.07) is 54.4. The Morgan fingerprint density at radius 2 is 0.959 bits per heavy atom. The third-order valence-electron chi connectivity index (χ3n) is 10.3. The zero-order valence-corrected chi connectivity index (χ0v) is 34.9. The third-order valence-corrected chi connectivity index (χ3v) is 14.7. The predicted octanol–water partition coefficient (Wildman–Crippen LogP) is 12.3. The van der Waals surface area contributed by atoms with Crippen molar-refractivity contribution in [3.8, 4) is 22.3 Å². The molecule has 0 fully saturated rings. The molecule has 0 heterocycles. The van der Waals surface area contributed by atoms with Crippen LogP contribution in [0.5, 0.6) is 0 Å². The standard InChI is InChI=1S/C45H44Si.2CH3.Hf/c1-31(2)34-17-21-36(22-18-34)42-15-9-13-38-27-40(29-44(38)42)46(5,26-25-33-11-7-6-8-12-33)41-28-39-14-10-16-43(45(39)30-41)37-23-19-35(20-24-37)32(3)4;;;/h6-24,27-32H,25-26H2,1-5H3;2*1H3;/q-2;2*-1;+4. The molecule has 0 aliphatic rings. The molecule has 0 aliphatic heterocycles. The molecule has 0 amide bonds. The van der Waals surface area contributed by atoms with Gasteiger partial charge < -0.3 is 14.9 Å². The maximum atomic E-state index is 2.60. The van der Waals surface area contributed by atoms with E-state index in [1.54, 1.807) is 0 Å². The summed E-state index contributed by atoms with van der Waals surface area (Å²) in [7, 11) is -2.15. The number of hydrogen-bond acceptors (Lipinski definition) is 0. The monoisotopic (exact) mass is 822 g/mol. The van der Waals surface area contributed by atoms with Gasteiger partial charge in [-0.3, -0.25) is 0 Å². The van der Waals surface area contributed by atoms with E-state index < -0.39 is 8.07 Å². The first-order valence-electron chi connectivity index (χ1n) is 16.9. The van der Waals surface area contributed by atoms with E-state index in [4.69, 9.17) is 0 Å². The molecular weight excluding hydrogens is 771 g/mol. The Morgan fingerprint density at radius 1 is 0.531 bits per heavy atom. The third kappa shape index (κ3) is 7.61. The molecule has 0 radical (unpaired) electrons. The van der Waals surface area contributed by atoms with Crippen LogP contribution >= 0.6 is 0 Å². The first kappa shape index (κ1) is 38.2. The summed E-state index contributed by atoms with van der Waals surface area (Å²) in [6.45, 7) is 11.7. The van der Waals surface area contributed by atoms with Crippen molar-refractivity contribution >= 4 is 40.0 Å². The summed E-state index contributed by atoms with van der Waals surface area (Å²) in [5.74, 6) is 1.07. The number of rotatable bonds is 9. The van der Waals surface area contributed by atoms with Crippen LogP contribution in [0.15, 0.2) is 140 Å². The predicted molar refractivity (Wildman–Crippen MR) is 217 cm³/mol. The van der Waals surface area contributed by atoms with Crippen LogP contribution in [0.3, 0.4) is 0 Å². The van der Waals surface area contributed by atoms with Crippen molar-refractivity contribution in [3.05, 3.63) is 171 Å². The average molecular weight is 821 g/mol. The van der Waals surface area contributed by atoms with Gasteiger partial charge in [-0.15, -0.1) is 68.3 Å². The van der Waals surface area contributed by atoms with E-state index in [1.165, 1.54) is 76.9 Å². The van der Waals surface area contributed by atoms with E-state index in [0.717, 1.165) is 6.42 Å². The fraction of sp³-hybridized carbons (Fsp3) is 0.191. The van der Waals surface area contributed by atoms with Gasteiger partial charge >= 0.3 is 25.8 Å². The summed E-state index contributed by atoms with van der Waals surface area (Å²) < 4.78 is 0. The summed E-state index contributed by atoms with van der Waals surface area (Å²) >= 11 is 0. The molecule has 0 bridgehead atoms. The summed E-state index contributed by atoms with van der Waals surface area (Å²) in [5, 5.41) is 8.50.